The first-order chi connectivity index (χ1) is 11.7. The van der Waals surface area contributed by atoms with E-state index in [-0.39, 0.29) is 0 Å². The quantitative estimate of drug-likeness (QED) is 0.564. The third-order valence-corrected chi connectivity index (χ3v) is 5.07. The largest absolute Gasteiger partial charge is 0.370 e. The van der Waals surface area contributed by atoms with Crippen LogP contribution < -0.4 is 11.1 Å². The van der Waals surface area contributed by atoms with Gasteiger partial charge in [0.25, 0.3) is 0 Å². The van der Waals surface area contributed by atoms with Crippen molar-refractivity contribution in [2.24, 2.45) is 10.7 Å². The van der Waals surface area contributed by atoms with E-state index in [1.54, 1.807) is 0 Å². The fourth-order valence-corrected chi connectivity index (χ4v) is 3.75. The highest BCUT2D eigenvalue weighted by Gasteiger charge is 2.22. The summed E-state index contributed by atoms with van der Waals surface area (Å²) in [5, 5.41) is 4.59. The van der Waals surface area contributed by atoms with Gasteiger partial charge in [0.05, 0.1) is 6.54 Å². The van der Waals surface area contributed by atoms with Crippen LogP contribution in [-0.4, -0.2) is 48.1 Å². The molecule has 5 nitrogen and oxygen atoms in total. The maximum absolute atomic E-state index is 6.03. The van der Waals surface area contributed by atoms with Crippen LogP contribution in [0.5, 0.6) is 0 Å². The molecule has 1 aliphatic rings. The summed E-state index contributed by atoms with van der Waals surface area (Å²) in [5.74, 6) is 0.564. The molecule has 1 saturated heterocycles. The van der Waals surface area contributed by atoms with Crippen molar-refractivity contribution in [2.45, 2.75) is 39.2 Å². The molecule has 5 heteroatoms. The molecular formula is C19H29N5. The first-order valence-corrected chi connectivity index (χ1v) is 9.02. The van der Waals surface area contributed by atoms with Gasteiger partial charge in [-0.2, -0.15) is 0 Å². The average Bonchev–Trinajstić information content (AvgIpc) is 3.20. The first kappa shape index (κ1) is 16.8. The van der Waals surface area contributed by atoms with Crippen LogP contribution in [-0.2, 0) is 6.42 Å². The number of benzene rings is 1. The van der Waals surface area contributed by atoms with Crippen LogP contribution in [0.25, 0.3) is 10.9 Å². The van der Waals surface area contributed by atoms with E-state index in [9.17, 15) is 0 Å². The second kappa shape index (κ2) is 7.71. The summed E-state index contributed by atoms with van der Waals surface area (Å²) in [4.78, 5) is 10.4. The van der Waals surface area contributed by atoms with Crippen molar-refractivity contribution >= 4 is 16.9 Å². The molecular weight excluding hydrogens is 298 g/mol. The normalized spacial score (nSPS) is 19.2. The maximum atomic E-state index is 6.03. The Morgan fingerprint density at radius 2 is 2.33 bits per heavy atom. The summed E-state index contributed by atoms with van der Waals surface area (Å²) in [6.45, 7) is 8.28. The number of aromatic amines is 1. The zero-order valence-corrected chi connectivity index (χ0v) is 14.8. The molecule has 1 aliphatic heterocycles. The summed E-state index contributed by atoms with van der Waals surface area (Å²) in [5.41, 5.74) is 9.88. The van der Waals surface area contributed by atoms with E-state index in [1.165, 1.54) is 41.4 Å². The molecule has 130 valence electrons. The molecule has 2 aromatic rings. The van der Waals surface area contributed by atoms with Gasteiger partial charge in [-0.1, -0.05) is 19.1 Å². The molecule has 0 amide bonds. The number of likely N-dealkylation sites (tertiary alicyclic amines) is 1. The minimum absolute atomic E-state index is 0.562. The highest BCUT2D eigenvalue weighted by Crippen LogP contribution is 2.22. The van der Waals surface area contributed by atoms with Gasteiger partial charge in [0.1, 0.15) is 0 Å². The van der Waals surface area contributed by atoms with E-state index < -0.39 is 0 Å². The number of aromatic nitrogens is 1. The van der Waals surface area contributed by atoms with Crippen LogP contribution in [0, 0.1) is 6.92 Å². The molecule has 0 spiro atoms. The van der Waals surface area contributed by atoms with Crippen LogP contribution in [0.15, 0.2) is 29.4 Å². The van der Waals surface area contributed by atoms with Gasteiger partial charge in [-0.15, -0.1) is 0 Å². The Bertz CT molecular complexity index is 703. The van der Waals surface area contributed by atoms with Crippen molar-refractivity contribution in [1.29, 1.82) is 0 Å². The van der Waals surface area contributed by atoms with Gasteiger partial charge in [-0.25, -0.2) is 0 Å². The molecule has 3 rings (SSSR count). The Labute approximate surface area is 144 Å². The number of aryl methyl sites for hydroxylation is 1. The summed E-state index contributed by atoms with van der Waals surface area (Å²) in [7, 11) is 0. The van der Waals surface area contributed by atoms with Crippen molar-refractivity contribution < 1.29 is 0 Å². The zero-order valence-electron chi connectivity index (χ0n) is 14.8. The lowest BCUT2D eigenvalue weighted by atomic mass is 10.1. The Morgan fingerprint density at radius 1 is 1.46 bits per heavy atom. The smallest absolute Gasteiger partial charge is 0.188 e. The molecule has 24 heavy (non-hydrogen) atoms. The molecule has 2 heterocycles. The number of rotatable bonds is 6. The predicted molar refractivity (Wildman–Crippen MR) is 102 cm³/mol. The van der Waals surface area contributed by atoms with E-state index in [1.807, 2.05) is 0 Å². The highest BCUT2D eigenvalue weighted by molar-refractivity contribution is 5.86. The van der Waals surface area contributed by atoms with Crippen LogP contribution in [0.1, 0.15) is 30.9 Å². The lowest BCUT2D eigenvalue weighted by Gasteiger charge is -2.20. The number of hydrogen-bond donors (Lipinski definition) is 3. The summed E-state index contributed by atoms with van der Waals surface area (Å²) in [6.07, 6.45) is 5.55. The van der Waals surface area contributed by atoms with Gasteiger partial charge in [0.2, 0.25) is 0 Å². The topological polar surface area (TPSA) is 69.4 Å². The molecule has 0 bridgehead atoms. The van der Waals surface area contributed by atoms with Gasteiger partial charge < -0.3 is 16.0 Å². The second-order valence-electron chi connectivity index (χ2n) is 6.64. The predicted octanol–water partition coefficient (Wildman–Crippen LogP) is 2.41. The van der Waals surface area contributed by atoms with Crippen LogP contribution in [0.4, 0.5) is 0 Å². The van der Waals surface area contributed by atoms with Crippen LogP contribution >= 0.6 is 0 Å². The molecule has 0 saturated carbocycles. The van der Waals surface area contributed by atoms with E-state index in [2.05, 4.69) is 58.4 Å². The summed E-state index contributed by atoms with van der Waals surface area (Å²) >= 11 is 0. The number of fused-ring (bicyclic) bond motifs is 1. The molecule has 0 aliphatic carbocycles. The number of likely N-dealkylation sites (N-methyl/N-ethyl adjacent to an activating group) is 1. The molecule has 1 fully saturated rings. The lowest BCUT2D eigenvalue weighted by molar-refractivity contribution is 0.273. The van der Waals surface area contributed by atoms with E-state index in [4.69, 9.17) is 5.73 Å². The van der Waals surface area contributed by atoms with E-state index >= 15 is 0 Å². The zero-order chi connectivity index (χ0) is 16.9. The first-order valence-electron chi connectivity index (χ1n) is 9.02. The minimum atomic E-state index is 0.562. The average molecular weight is 327 g/mol. The molecule has 1 unspecified atom stereocenters. The van der Waals surface area contributed by atoms with E-state index in [0.29, 0.717) is 12.0 Å². The highest BCUT2D eigenvalue weighted by atomic mass is 15.2. The Morgan fingerprint density at radius 3 is 3.17 bits per heavy atom. The number of nitrogens with two attached hydrogens (primary N) is 1. The molecule has 1 aromatic carbocycles. The van der Waals surface area contributed by atoms with Crippen molar-refractivity contribution in [1.82, 2.24) is 15.2 Å². The number of nitrogens with one attached hydrogen (secondary N) is 2. The van der Waals surface area contributed by atoms with Gasteiger partial charge in [-0.3, -0.25) is 9.89 Å². The third kappa shape index (κ3) is 3.73. The number of nitrogens with zero attached hydrogens (tertiary/aromatic N) is 2. The number of H-pyrrole nitrogens is 1. The van der Waals surface area contributed by atoms with Crippen molar-refractivity contribution in [2.75, 3.05) is 26.2 Å². The Balaban J connectivity index is 1.51. The van der Waals surface area contributed by atoms with Gasteiger partial charge in [0, 0.05) is 29.7 Å². The van der Waals surface area contributed by atoms with Crippen molar-refractivity contribution in [3.8, 4) is 0 Å². The van der Waals surface area contributed by atoms with Gasteiger partial charge in [-0.05, 0) is 56.5 Å². The van der Waals surface area contributed by atoms with Gasteiger partial charge >= 0.3 is 0 Å². The second-order valence-corrected chi connectivity index (χ2v) is 6.64. The minimum Gasteiger partial charge on any atom is -0.370 e. The van der Waals surface area contributed by atoms with Crippen LogP contribution in [0.2, 0.25) is 0 Å². The third-order valence-electron chi connectivity index (χ3n) is 5.07. The summed E-state index contributed by atoms with van der Waals surface area (Å²) in [6, 6.07) is 6.93. The Hall–Kier alpha value is -2.01. The molecule has 0 radical (unpaired) electrons. The fraction of sp³-hybridized carbons (Fsp3) is 0.526. The SMILES string of the molecule is CCN1CCCC1CN=C(N)NCCc1c[nH]c2cccc(C)c12. The molecule has 1 atom stereocenters. The molecule has 4 N–H and O–H groups in total. The standard InChI is InChI=1S/C19H29N5/c1-3-24-11-5-7-16(24)13-23-19(20)21-10-9-15-12-22-17-8-4-6-14(2)18(15)17/h4,6,8,12,16,22H,3,5,7,9-11,13H2,1-2H3,(H3,20,21,23). The van der Waals surface area contributed by atoms with E-state index in [0.717, 1.165) is 26.1 Å². The number of aliphatic imine (C=N–C) groups is 1. The van der Waals surface area contributed by atoms with Crippen molar-refractivity contribution in [3.05, 3.63) is 35.5 Å². The fourth-order valence-electron chi connectivity index (χ4n) is 3.75. The number of guanidine groups is 1. The molecule has 1 aromatic heterocycles. The van der Waals surface area contributed by atoms with Crippen LogP contribution in [0.3, 0.4) is 0 Å². The van der Waals surface area contributed by atoms with Gasteiger partial charge in [0.15, 0.2) is 5.96 Å². The maximum Gasteiger partial charge on any atom is 0.188 e. The summed E-state index contributed by atoms with van der Waals surface area (Å²) < 4.78 is 0. The lowest BCUT2D eigenvalue weighted by Crippen LogP contribution is -2.36. The monoisotopic (exact) mass is 327 g/mol. The van der Waals surface area contributed by atoms with Crippen molar-refractivity contribution in [3.63, 3.8) is 0 Å². The number of hydrogen-bond acceptors (Lipinski definition) is 2. The Kier molecular flexibility index (Phi) is 5.41.